The predicted molar refractivity (Wildman–Crippen MR) is 65.7 cm³/mol. The van der Waals surface area contributed by atoms with E-state index in [1.165, 1.54) is 12.4 Å². The minimum Gasteiger partial charge on any atom is -0.335 e. The average molecular weight is 265 g/mol. The smallest absolute Gasteiger partial charge is 0.187 e. The lowest BCUT2D eigenvalue weighted by Gasteiger charge is -2.00. The van der Waals surface area contributed by atoms with E-state index in [2.05, 4.69) is 4.98 Å². The number of nitrogens with two attached hydrogens (primary N) is 1. The van der Waals surface area contributed by atoms with Gasteiger partial charge < -0.3 is 10.3 Å². The number of imidazole rings is 1. The van der Waals surface area contributed by atoms with Crippen LogP contribution in [0.2, 0.25) is 0 Å². The highest BCUT2D eigenvalue weighted by Crippen LogP contribution is 2.11. The summed E-state index contributed by atoms with van der Waals surface area (Å²) in [6.45, 7) is 1.03. The highest BCUT2D eigenvalue weighted by molar-refractivity contribution is 5.95. The number of carbonyl (C=O) groups is 1. The third-order valence-electron chi connectivity index (χ3n) is 2.65. The van der Waals surface area contributed by atoms with Crippen molar-refractivity contribution in [2.24, 2.45) is 5.73 Å². The first kappa shape index (κ1) is 13.4. The quantitative estimate of drug-likeness (QED) is 0.834. The molecule has 0 saturated carbocycles. The van der Waals surface area contributed by atoms with Gasteiger partial charge in [-0.05, 0) is 17.7 Å². The number of aromatic nitrogens is 2. The summed E-state index contributed by atoms with van der Waals surface area (Å²) in [5.74, 6) is -2.14. The van der Waals surface area contributed by atoms with E-state index in [9.17, 15) is 13.6 Å². The van der Waals surface area contributed by atoms with Crippen molar-refractivity contribution in [3.63, 3.8) is 0 Å². The number of ketones is 1. The normalized spacial score (nSPS) is 10.7. The molecular weight excluding hydrogens is 252 g/mol. The van der Waals surface area contributed by atoms with Gasteiger partial charge >= 0.3 is 0 Å². The van der Waals surface area contributed by atoms with E-state index in [1.807, 2.05) is 0 Å². The maximum atomic E-state index is 13.0. The fraction of sp³-hybridized carbons (Fsp3) is 0.231. The van der Waals surface area contributed by atoms with Crippen LogP contribution in [0, 0.1) is 11.6 Å². The van der Waals surface area contributed by atoms with E-state index in [0.717, 1.165) is 12.1 Å². The van der Waals surface area contributed by atoms with Gasteiger partial charge in [0.1, 0.15) is 5.69 Å². The standard InChI is InChI=1S/C13H13F2N3O/c14-10-2-1-9(5-11(10)15)6-13(19)12-7-18(4-3-16)8-17-12/h1-2,5,7-8H,3-4,6,16H2. The fourth-order valence-electron chi connectivity index (χ4n) is 1.70. The summed E-state index contributed by atoms with van der Waals surface area (Å²) in [6, 6.07) is 3.41. The summed E-state index contributed by atoms with van der Waals surface area (Å²) in [6.07, 6.45) is 3.09. The molecule has 6 heteroatoms. The number of nitrogens with zero attached hydrogens (tertiary/aromatic N) is 2. The Morgan fingerprint density at radius 3 is 2.79 bits per heavy atom. The molecule has 0 spiro atoms. The Hall–Kier alpha value is -2.08. The SMILES string of the molecule is NCCn1cnc(C(=O)Cc2ccc(F)c(F)c2)c1. The molecule has 2 N–H and O–H groups in total. The largest absolute Gasteiger partial charge is 0.335 e. The third-order valence-corrected chi connectivity index (χ3v) is 2.65. The van der Waals surface area contributed by atoms with Crippen LogP contribution in [0.5, 0.6) is 0 Å². The minimum atomic E-state index is -0.959. The zero-order chi connectivity index (χ0) is 13.8. The van der Waals surface area contributed by atoms with Crippen LogP contribution >= 0.6 is 0 Å². The number of carbonyl (C=O) groups excluding carboxylic acids is 1. The van der Waals surface area contributed by atoms with Gasteiger partial charge in [-0.15, -0.1) is 0 Å². The van der Waals surface area contributed by atoms with Gasteiger partial charge in [-0.1, -0.05) is 6.07 Å². The molecule has 100 valence electrons. The zero-order valence-corrected chi connectivity index (χ0v) is 10.1. The summed E-state index contributed by atoms with van der Waals surface area (Å²) in [7, 11) is 0. The van der Waals surface area contributed by atoms with Gasteiger partial charge in [0.15, 0.2) is 17.4 Å². The first-order valence-electron chi connectivity index (χ1n) is 5.79. The number of Topliss-reactive ketones (excluding diaryl/α,β-unsaturated/α-hetero) is 1. The molecule has 0 aliphatic heterocycles. The molecule has 0 aliphatic carbocycles. The van der Waals surface area contributed by atoms with Crippen molar-refractivity contribution >= 4 is 5.78 Å². The third kappa shape index (κ3) is 3.23. The number of hydrogen-bond donors (Lipinski definition) is 1. The summed E-state index contributed by atoms with van der Waals surface area (Å²) >= 11 is 0. The summed E-state index contributed by atoms with van der Waals surface area (Å²) < 4.78 is 27.5. The van der Waals surface area contributed by atoms with Gasteiger partial charge in [0.25, 0.3) is 0 Å². The molecule has 0 aliphatic rings. The van der Waals surface area contributed by atoms with Gasteiger partial charge in [-0.3, -0.25) is 4.79 Å². The Bertz CT molecular complexity index is 595. The lowest BCUT2D eigenvalue weighted by atomic mass is 10.1. The second kappa shape index (κ2) is 5.71. The van der Waals surface area contributed by atoms with Crippen LogP contribution in [0.4, 0.5) is 8.78 Å². The number of halogens is 2. The Balaban J connectivity index is 2.09. The molecule has 0 saturated heterocycles. The Labute approximate surface area is 108 Å². The van der Waals surface area contributed by atoms with E-state index in [0.29, 0.717) is 18.7 Å². The van der Waals surface area contributed by atoms with E-state index >= 15 is 0 Å². The molecule has 0 fully saturated rings. The molecule has 1 aromatic heterocycles. The summed E-state index contributed by atoms with van der Waals surface area (Å²) in [4.78, 5) is 15.9. The van der Waals surface area contributed by atoms with Crippen molar-refractivity contribution in [2.75, 3.05) is 6.54 Å². The molecule has 19 heavy (non-hydrogen) atoms. The molecule has 4 nitrogen and oxygen atoms in total. The predicted octanol–water partition coefficient (Wildman–Crippen LogP) is 1.55. The van der Waals surface area contributed by atoms with Crippen LogP contribution < -0.4 is 5.73 Å². The van der Waals surface area contributed by atoms with Crippen LogP contribution in [-0.4, -0.2) is 21.9 Å². The summed E-state index contributed by atoms with van der Waals surface area (Å²) in [5.41, 5.74) is 6.09. The molecule has 0 radical (unpaired) electrons. The minimum absolute atomic E-state index is 0.0170. The fourth-order valence-corrected chi connectivity index (χ4v) is 1.70. The van der Waals surface area contributed by atoms with Crippen molar-refractivity contribution in [2.45, 2.75) is 13.0 Å². The van der Waals surface area contributed by atoms with Crippen molar-refractivity contribution in [1.29, 1.82) is 0 Å². The summed E-state index contributed by atoms with van der Waals surface area (Å²) in [5, 5.41) is 0. The van der Waals surface area contributed by atoms with Gasteiger partial charge in [0, 0.05) is 25.7 Å². The van der Waals surface area contributed by atoms with Crippen molar-refractivity contribution < 1.29 is 13.6 Å². The molecule has 1 aromatic carbocycles. The molecular formula is C13H13F2N3O. The molecule has 1 heterocycles. The molecule has 2 aromatic rings. The van der Waals surface area contributed by atoms with Crippen molar-refractivity contribution in [1.82, 2.24) is 9.55 Å². The molecule has 0 amide bonds. The van der Waals surface area contributed by atoms with Crippen molar-refractivity contribution in [3.8, 4) is 0 Å². The monoisotopic (exact) mass is 265 g/mol. The Morgan fingerprint density at radius 2 is 2.11 bits per heavy atom. The average Bonchev–Trinajstić information content (AvgIpc) is 2.83. The van der Waals surface area contributed by atoms with E-state index in [4.69, 9.17) is 5.73 Å². The van der Waals surface area contributed by atoms with Gasteiger partial charge in [-0.2, -0.15) is 0 Å². The maximum Gasteiger partial charge on any atom is 0.187 e. The maximum absolute atomic E-state index is 13.0. The van der Waals surface area contributed by atoms with Gasteiger partial charge in [-0.25, -0.2) is 13.8 Å². The van der Waals surface area contributed by atoms with Crippen LogP contribution in [-0.2, 0) is 13.0 Å². The molecule has 0 atom stereocenters. The lowest BCUT2D eigenvalue weighted by Crippen LogP contribution is -2.08. The van der Waals surface area contributed by atoms with Gasteiger partial charge in [0.05, 0.1) is 6.33 Å². The zero-order valence-electron chi connectivity index (χ0n) is 10.1. The van der Waals surface area contributed by atoms with Gasteiger partial charge in [0.2, 0.25) is 0 Å². The number of hydrogen-bond acceptors (Lipinski definition) is 3. The Kier molecular flexibility index (Phi) is 4.01. The molecule has 2 rings (SSSR count). The topological polar surface area (TPSA) is 60.9 Å². The van der Waals surface area contributed by atoms with E-state index in [-0.39, 0.29) is 17.9 Å². The van der Waals surface area contributed by atoms with E-state index in [1.54, 1.807) is 10.8 Å². The lowest BCUT2D eigenvalue weighted by molar-refractivity contribution is 0.0988. The number of benzene rings is 1. The second-order valence-corrected chi connectivity index (χ2v) is 4.13. The molecule has 0 bridgehead atoms. The van der Waals surface area contributed by atoms with Crippen LogP contribution in [0.15, 0.2) is 30.7 Å². The first-order chi connectivity index (χ1) is 9.10. The van der Waals surface area contributed by atoms with Crippen molar-refractivity contribution in [3.05, 3.63) is 53.6 Å². The van der Waals surface area contributed by atoms with Crippen LogP contribution in [0.3, 0.4) is 0 Å². The van der Waals surface area contributed by atoms with E-state index < -0.39 is 11.6 Å². The number of rotatable bonds is 5. The highest BCUT2D eigenvalue weighted by atomic mass is 19.2. The van der Waals surface area contributed by atoms with Crippen LogP contribution in [0.1, 0.15) is 16.1 Å². The molecule has 0 unspecified atom stereocenters. The highest BCUT2D eigenvalue weighted by Gasteiger charge is 2.12. The Morgan fingerprint density at radius 1 is 1.32 bits per heavy atom. The second-order valence-electron chi connectivity index (χ2n) is 4.13. The first-order valence-corrected chi connectivity index (χ1v) is 5.79. The van der Waals surface area contributed by atoms with Crippen LogP contribution in [0.25, 0.3) is 0 Å².